The second-order valence-electron chi connectivity index (χ2n) is 5.00. The molecule has 0 radical (unpaired) electrons. The molecule has 3 N–H and O–H groups in total. The first-order valence-corrected chi connectivity index (χ1v) is 5.77. The molecule has 1 aromatic carbocycles. The van der Waals surface area contributed by atoms with E-state index in [1.54, 1.807) is 6.07 Å². The monoisotopic (exact) mass is 203 g/mol. The van der Waals surface area contributed by atoms with Gasteiger partial charge in [0.05, 0.1) is 0 Å². The minimum Gasteiger partial charge on any atom is -0.508 e. The molecular weight excluding hydrogens is 186 g/mol. The molecule has 3 rings (SSSR count). The minimum atomic E-state index is 0.327. The summed E-state index contributed by atoms with van der Waals surface area (Å²) in [6.07, 6.45) is 3.90. The van der Waals surface area contributed by atoms with Gasteiger partial charge in [0.1, 0.15) is 5.75 Å². The molecule has 2 saturated carbocycles. The third-order valence-electron chi connectivity index (χ3n) is 4.13. The van der Waals surface area contributed by atoms with Crippen molar-refractivity contribution in [2.75, 3.05) is 6.54 Å². The Morgan fingerprint density at radius 1 is 1.40 bits per heavy atom. The van der Waals surface area contributed by atoms with Crippen LogP contribution in [-0.4, -0.2) is 11.7 Å². The van der Waals surface area contributed by atoms with Crippen LogP contribution in [0, 0.1) is 11.8 Å². The van der Waals surface area contributed by atoms with Crippen LogP contribution in [-0.2, 0) is 5.41 Å². The molecule has 0 amide bonds. The Bertz CT molecular complexity index is 386. The fraction of sp³-hybridized carbons (Fsp3) is 0.538. The van der Waals surface area contributed by atoms with Crippen molar-refractivity contribution in [3.8, 4) is 5.75 Å². The summed E-state index contributed by atoms with van der Waals surface area (Å²) in [6, 6.07) is 7.76. The predicted octanol–water partition coefficient (Wildman–Crippen LogP) is 2.02. The third-order valence-corrected chi connectivity index (χ3v) is 4.13. The average molecular weight is 203 g/mol. The fourth-order valence-electron chi connectivity index (χ4n) is 3.13. The molecule has 2 aliphatic rings. The highest BCUT2D eigenvalue weighted by molar-refractivity contribution is 5.40. The Kier molecular flexibility index (Phi) is 1.84. The van der Waals surface area contributed by atoms with Crippen LogP contribution >= 0.6 is 0 Å². The van der Waals surface area contributed by atoms with E-state index >= 15 is 0 Å². The highest BCUT2D eigenvalue weighted by atomic mass is 16.3. The number of aromatic hydroxyl groups is 1. The topological polar surface area (TPSA) is 46.2 Å². The standard InChI is InChI=1S/C13H17NO/c14-8-11-7-13(11,9-4-5-9)10-2-1-3-12(15)6-10/h1-3,6,9,11,15H,4-5,7-8,14H2/t11-,13?/m0/s1. The molecule has 2 heteroatoms. The summed E-state index contributed by atoms with van der Waals surface area (Å²) in [5, 5.41) is 9.53. The molecule has 2 nitrogen and oxygen atoms in total. The number of hydrogen-bond donors (Lipinski definition) is 2. The smallest absolute Gasteiger partial charge is 0.115 e. The van der Waals surface area contributed by atoms with Crippen molar-refractivity contribution in [2.24, 2.45) is 17.6 Å². The van der Waals surface area contributed by atoms with Gasteiger partial charge in [0.2, 0.25) is 0 Å². The quantitative estimate of drug-likeness (QED) is 0.789. The Morgan fingerprint density at radius 3 is 2.73 bits per heavy atom. The molecule has 1 unspecified atom stereocenters. The van der Waals surface area contributed by atoms with E-state index in [2.05, 4.69) is 6.07 Å². The van der Waals surface area contributed by atoms with Crippen molar-refractivity contribution in [3.05, 3.63) is 29.8 Å². The average Bonchev–Trinajstić information content (AvgIpc) is 3.11. The second kappa shape index (κ2) is 2.99. The molecule has 0 aromatic heterocycles. The SMILES string of the molecule is NC[C@@H]1CC1(c1cccc(O)c1)C1CC1. The number of rotatable bonds is 3. The van der Waals surface area contributed by atoms with Crippen molar-refractivity contribution in [1.82, 2.24) is 0 Å². The lowest BCUT2D eigenvalue weighted by atomic mass is 9.88. The normalized spacial score (nSPS) is 34.1. The Balaban J connectivity index is 1.97. The van der Waals surface area contributed by atoms with E-state index < -0.39 is 0 Å². The maximum atomic E-state index is 9.53. The molecule has 0 saturated heterocycles. The van der Waals surface area contributed by atoms with Crippen LogP contribution in [0.4, 0.5) is 0 Å². The van der Waals surface area contributed by atoms with Gasteiger partial charge < -0.3 is 10.8 Å². The van der Waals surface area contributed by atoms with E-state index in [1.165, 1.54) is 24.8 Å². The van der Waals surface area contributed by atoms with Gasteiger partial charge in [-0.2, -0.15) is 0 Å². The van der Waals surface area contributed by atoms with Gasteiger partial charge in [-0.3, -0.25) is 0 Å². The highest BCUT2D eigenvalue weighted by Crippen LogP contribution is 2.65. The summed E-state index contributed by atoms with van der Waals surface area (Å²) in [5.74, 6) is 1.86. The third kappa shape index (κ3) is 1.28. The van der Waals surface area contributed by atoms with Crippen LogP contribution in [0.1, 0.15) is 24.8 Å². The molecule has 0 bridgehead atoms. The Morgan fingerprint density at radius 2 is 2.20 bits per heavy atom. The molecule has 0 heterocycles. The number of phenols is 1. The lowest BCUT2D eigenvalue weighted by Gasteiger charge is -2.17. The summed E-state index contributed by atoms with van der Waals surface area (Å²) < 4.78 is 0. The van der Waals surface area contributed by atoms with E-state index in [-0.39, 0.29) is 0 Å². The number of benzene rings is 1. The molecule has 2 fully saturated rings. The van der Waals surface area contributed by atoms with Gasteiger partial charge >= 0.3 is 0 Å². The zero-order chi connectivity index (χ0) is 10.5. The van der Waals surface area contributed by atoms with Crippen LogP contribution in [0.25, 0.3) is 0 Å². The summed E-state index contributed by atoms with van der Waals surface area (Å²) in [7, 11) is 0. The molecule has 0 spiro atoms. The van der Waals surface area contributed by atoms with Crippen LogP contribution in [0.15, 0.2) is 24.3 Å². The van der Waals surface area contributed by atoms with E-state index in [9.17, 15) is 5.11 Å². The van der Waals surface area contributed by atoms with Gasteiger partial charge in [-0.25, -0.2) is 0 Å². The maximum absolute atomic E-state index is 9.53. The van der Waals surface area contributed by atoms with Gasteiger partial charge in [-0.15, -0.1) is 0 Å². The molecule has 2 atom stereocenters. The Labute approximate surface area is 90.1 Å². The molecule has 15 heavy (non-hydrogen) atoms. The summed E-state index contributed by atoms with van der Waals surface area (Å²) in [6.45, 7) is 0.784. The summed E-state index contributed by atoms with van der Waals surface area (Å²) >= 11 is 0. The van der Waals surface area contributed by atoms with Gasteiger partial charge in [-0.1, -0.05) is 12.1 Å². The van der Waals surface area contributed by atoms with Crippen LogP contribution in [0.2, 0.25) is 0 Å². The molecule has 0 aliphatic heterocycles. The molecule has 2 aliphatic carbocycles. The van der Waals surface area contributed by atoms with Crippen LogP contribution < -0.4 is 5.73 Å². The largest absolute Gasteiger partial charge is 0.508 e. The van der Waals surface area contributed by atoms with Gasteiger partial charge in [0.15, 0.2) is 0 Å². The predicted molar refractivity (Wildman–Crippen MR) is 59.7 cm³/mol. The molecular formula is C13H17NO. The highest BCUT2D eigenvalue weighted by Gasteiger charge is 2.62. The van der Waals surface area contributed by atoms with Gasteiger partial charge in [-0.05, 0) is 55.3 Å². The minimum absolute atomic E-state index is 0.327. The van der Waals surface area contributed by atoms with Crippen molar-refractivity contribution < 1.29 is 5.11 Å². The Hall–Kier alpha value is -1.02. The van der Waals surface area contributed by atoms with Crippen molar-refractivity contribution in [2.45, 2.75) is 24.7 Å². The number of nitrogens with two attached hydrogens (primary N) is 1. The fourth-order valence-corrected chi connectivity index (χ4v) is 3.13. The number of hydrogen-bond acceptors (Lipinski definition) is 2. The van der Waals surface area contributed by atoms with Gasteiger partial charge in [0, 0.05) is 5.41 Å². The molecule has 1 aromatic rings. The molecule has 80 valence electrons. The lowest BCUT2D eigenvalue weighted by Crippen LogP contribution is -2.17. The van der Waals surface area contributed by atoms with E-state index in [1.807, 2.05) is 12.1 Å². The lowest BCUT2D eigenvalue weighted by molar-refractivity contribution is 0.469. The first-order valence-electron chi connectivity index (χ1n) is 5.77. The summed E-state index contributed by atoms with van der Waals surface area (Å²) in [5.41, 5.74) is 7.42. The van der Waals surface area contributed by atoms with Gasteiger partial charge in [0.25, 0.3) is 0 Å². The zero-order valence-corrected chi connectivity index (χ0v) is 8.82. The van der Waals surface area contributed by atoms with E-state index in [0.717, 1.165) is 12.5 Å². The first kappa shape index (κ1) is 9.22. The first-order chi connectivity index (χ1) is 7.27. The van der Waals surface area contributed by atoms with Crippen molar-refractivity contribution in [1.29, 1.82) is 0 Å². The van der Waals surface area contributed by atoms with Crippen LogP contribution in [0.5, 0.6) is 5.75 Å². The second-order valence-corrected chi connectivity index (χ2v) is 5.00. The van der Waals surface area contributed by atoms with Crippen LogP contribution in [0.3, 0.4) is 0 Å². The van der Waals surface area contributed by atoms with Crippen molar-refractivity contribution in [3.63, 3.8) is 0 Å². The van der Waals surface area contributed by atoms with Crippen molar-refractivity contribution >= 4 is 0 Å². The van der Waals surface area contributed by atoms with E-state index in [0.29, 0.717) is 17.1 Å². The number of phenolic OH excluding ortho intramolecular Hbond substituents is 1. The van der Waals surface area contributed by atoms with E-state index in [4.69, 9.17) is 5.73 Å². The summed E-state index contributed by atoms with van der Waals surface area (Å²) in [4.78, 5) is 0. The zero-order valence-electron chi connectivity index (χ0n) is 8.82. The maximum Gasteiger partial charge on any atom is 0.115 e.